The molecule has 0 aliphatic rings. The number of nitrogens with zero attached hydrogens (tertiary/aromatic N) is 1. The van der Waals surface area contributed by atoms with Crippen LogP contribution in [0.25, 0.3) is 0 Å². The first-order valence-corrected chi connectivity index (χ1v) is 5.12. The summed E-state index contributed by atoms with van der Waals surface area (Å²) >= 11 is 5.86. The van der Waals surface area contributed by atoms with Crippen molar-refractivity contribution in [3.05, 3.63) is 23.0 Å². The molecule has 3 nitrogen and oxygen atoms in total. The molecular formula is C11H15ClN2O. The molecule has 1 aromatic rings. The number of amides is 1. The second kappa shape index (κ2) is 4.19. The van der Waals surface area contributed by atoms with Crippen LogP contribution in [-0.4, -0.2) is 10.9 Å². The van der Waals surface area contributed by atoms with E-state index >= 15 is 0 Å². The molecule has 0 saturated carbocycles. The van der Waals surface area contributed by atoms with E-state index in [1.54, 1.807) is 12.3 Å². The third-order valence-electron chi connectivity index (χ3n) is 1.91. The number of aryl methyl sites for hydroxylation is 1. The Labute approximate surface area is 94.9 Å². The molecule has 1 N–H and O–H groups in total. The molecule has 0 spiro atoms. The number of anilines is 1. The average molecular weight is 227 g/mol. The highest BCUT2D eigenvalue weighted by atomic mass is 35.5. The second-order valence-electron chi connectivity index (χ2n) is 4.56. The van der Waals surface area contributed by atoms with Crippen molar-refractivity contribution in [3.8, 4) is 0 Å². The predicted octanol–water partition coefficient (Wildman–Crippen LogP) is 3.03. The highest BCUT2D eigenvalue weighted by molar-refractivity contribution is 6.32. The number of carbonyl (C=O) groups is 1. The first-order valence-electron chi connectivity index (χ1n) is 4.74. The molecule has 0 atom stereocenters. The van der Waals surface area contributed by atoms with Crippen molar-refractivity contribution in [1.29, 1.82) is 0 Å². The molecule has 0 fully saturated rings. The first-order chi connectivity index (χ1) is 6.80. The van der Waals surface area contributed by atoms with Gasteiger partial charge in [-0.25, -0.2) is 4.98 Å². The van der Waals surface area contributed by atoms with E-state index in [2.05, 4.69) is 10.3 Å². The van der Waals surface area contributed by atoms with Gasteiger partial charge in [0.25, 0.3) is 0 Å². The Kier molecular flexibility index (Phi) is 3.35. The Bertz CT molecular complexity index is 383. The Balaban J connectivity index is 2.90. The van der Waals surface area contributed by atoms with E-state index < -0.39 is 5.41 Å². The van der Waals surface area contributed by atoms with Crippen LogP contribution in [0.1, 0.15) is 26.3 Å². The molecule has 1 heterocycles. The van der Waals surface area contributed by atoms with Crippen LogP contribution in [0.4, 0.5) is 5.69 Å². The summed E-state index contributed by atoms with van der Waals surface area (Å²) in [6.45, 7) is 7.44. The smallest absolute Gasteiger partial charge is 0.229 e. The largest absolute Gasteiger partial charge is 0.323 e. The molecular weight excluding hydrogens is 212 g/mol. The minimum Gasteiger partial charge on any atom is -0.323 e. The zero-order chi connectivity index (χ0) is 11.6. The Morgan fingerprint density at radius 3 is 2.60 bits per heavy atom. The maximum absolute atomic E-state index is 11.7. The normalized spacial score (nSPS) is 11.3. The lowest BCUT2D eigenvalue weighted by Gasteiger charge is -2.18. The number of rotatable bonds is 1. The second-order valence-corrected chi connectivity index (χ2v) is 4.91. The summed E-state index contributed by atoms with van der Waals surface area (Å²) in [5.41, 5.74) is 1.09. The van der Waals surface area contributed by atoms with Gasteiger partial charge in [-0.15, -0.1) is 0 Å². The molecule has 15 heavy (non-hydrogen) atoms. The highest BCUT2D eigenvalue weighted by Gasteiger charge is 2.22. The van der Waals surface area contributed by atoms with Crippen LogP contribution in [0.15, 0.2) is 12.3 Å². The van der Waals surface area contributed by atoms with E-state index in [4.69, 9.17) is 11.6 Å². The van der Waals surface area contributed by atoms with Gasteiger partial charge in [0.05, 0.1) is 5.69 Å². The summed E-state index contributed by atoms with van der Waals surface area (Å²) in [6, 6.07) is 1.80. The quantitative estimate of drug-likeness (QED) is 0.748. The van der Waals surface area contributed by atoms with Gasteiger partial charge >= 0.3 is 0 Å². The lowest BCUT2D eigenvalue weighted by atomic mass is 9.95. The third-order valence-corrected chi connectivity index (χ3v) is 2.21. The van der Waals surface area contributed by atoms with Gasteiger partial charge in [-0.05, 0) is 18.6 Å². The van der Waals surface area contributed by atoms with Crippen LogP contribution in [0, 0.1) is 12.3 Å². The number of halogens is 1. The Morgan fingerprint density at radius 1 is 1.47 bits per heavy atom. The topological polar surface area (TPSA) is 42.0 Å². The van der Waals surface area contributed by atoms with Crippen molar-refractivity contribution in [3.63, 3.8) is 0 Å². The van der Waals surface area contributed by atoms with Gasteiger partial charge in [0.2, 0.25) is 5.91 Å². The minimum absolute atomic E-state index is 0.0724. The van der Waals surface area contributed by atoms with Gasteiger partial charge in [-0.1, -0.05) is 32.4 Å². The molecule has 4 heteroatoms. The van der Waals surface area contributed by atoms with Crippen LogP contribution in [0.2, 0.25) is 5.15 Å². The lowest BCUT2D eigenvalue weighted by Crippen LogP contribution is -2.27. The number of pyridine rings is 1. The molecule has 0 radical (unpaired) electrons. The minimum atomic E-state index is -0.437. The number of aromatic nitrogens is 1. The molecule has 1 rings (SSSR count). The fourth-order valence-corrected chi connectivity index (χ4v) is 1.10. The Morgan fingerprint density at radius 2 is 2.07 bits per heavy atom. The fraction of sp³-hybridized carbons (Fsp3) is 0.455. The number of nitrogens with one attached hydrogen (secondary N) is 1. The molecule has 82 valence electrons. The number of hydrogen-bond donors (Lipinski definition) is 1. The van der Waals surface area contributed by atoms with E-state index in [1.165, 1.54) is 0 Å². The summed E-state index contributed by atoms with van der Waals surface area (Å²) in [4.78, 5) is 15.7. The molecule has 0 aliphatic carbocycles. The van der Waals surface area contributed by atoms with E-state index in [1.807, 2.05) is 27.7 Å². The van der Waals surface area contributed by atoms with Gasteiger partial charge in [0.15, 0.2) is 5.15 Å². The maximum Gasteiger partial charge on any atom is 0.229 e. The molecule has 0 unspecified atom stereocenters. The van der Waals surface area contributed by atoms with Crippen molar-refractivity contribution < 1.29 is 4.79 Å². The van der Waals surface area contributed by atoms with Crippen LogP contribution >= 0.6 is 11.6 Å². The summed E-state index contributed by atoms with van der Waals surface area (Å²) in [5, 5.41) is 3.08. The van der Waals surface area contributed by atoms with E-state index in [0.29, 0.717) is 10.8 Å². The molecule has 0 bridgehead atoms. The first kappa shape index (κ1) is 12.0. The SMILES string of the molecule is Cc1cnc(Cl)c(NC(=O)C(C)(C)C)c1. The van der Waals surface area contributed by atoms with Gasteiger partial charge < -0.3 is 5.32 Å². The number of carbonyl (C=O) groups excluding carboxylic acids is 1. The van der Waals surface area contributed by atoms with Crippen LogP contribution in [0.5, 0.6) is 0 Å². The van der Waals surface area contributed by atoms with Gasteiger partial charge in [0.1, 0.15) is 0 Å². The summed E-state index contributed by atoms with van der Waals surface area (Å²) in [5.74, 6) is -0.0724. The maximum atomic E-state index is 11.7. The van der Waals surface area contributed by atoms with Gasteiger partial charge in [-0.3, -0.25) is 4.79 Å². The summed E-state index contributed by atoms with van der Waals surface area (Å²) in [6.07, 6.45) is 1.66. The van der Waals surface area contributed by atoms with Gasteiger partial charge in [0, 0.05) is 11.6 Å². The zero-order valence-electron chi connectivity index (χ0n) is 9.39. The van der Waals surface area contributed by atoms with Crippen LogP contribution in [0.3, 0.4) is 0 Å². The lowest BCUT2D eigenvalue weighted by molar-refractivity contribution is -0.123. The monoisotopic (exact) mass is 226 g/mol. The van der Waals surface area contributed by atoms with E-state index in [0.717, 1.165) is 5.56 Å². The average Bonchev–Trinajstić information content (AvgIpc) is 2.09. The molecule has 0 aromatic carbocycles. The molecule has 1 amide bonds. The van der Waals surface area contributed by atoms with Crippen molar-refractivity contribution in [2.75, 3.05) is 5.32 Å². The number of hydrogen-bond acceptors (Lipinski definition) is 2. The van der Waals surface area contributed by atoms with Crippen molar-refractivity contribution >= 4 is 23.2 Å². The Hall–Kier alpha value is -1.09. The predicted molar refractivity (Wildman–Crippen MR) is 62.1 cm³/mol. The van der Waals surface area contributed by atoms with Crippen LogP contribution in [-0.2, 0) is 4.79 Å². The summed E-state index contributed by atoms with van der Waals surface area (Å²) in [7, 11) is 0. The molecule has 0 saturated heterocycles. The summed E-state index contributed by atoms with van der Waals surface area (Å²) < 4.78 is 0. The van der Waals surface area contributed by atoms with Crippen molar-refractivity contribution in [2.24, 2.45) is 5.41 Å². The van der Waals surface area contributed by atoms with Gasteiger partial charge in [-0.2, -0.15) is 0 Å². The molecule has 1 aromatic heterocycles. The van der Waals surface area contributed by atoms with Crippen LogP contribution < -0.4 is 5.32 Å². The highest BCUT2D eigenvalue weighted by Crippen LogP contribution is 2.23. The van der Waals surface area contributed by atoms with E-state index in [9.17, 15) is 4.79 Å². The standard InChI is InChI=1S/C11H15ClN2O/c1-7-5-8(9(12)13-6-7)14-10(15)11(2,3)4/h5-6H,1-4H3,(H,14,15). The van der Waals surface area contributed by atoms with Crippen molar-refractivity contribution in [1.82, 2.24) is 4.98 Å². The zero-order valence-corrected chi connectivity index (χ0v) is 10.1. The third kappa shape index (κ3) is 3.20. The van der Waals surface area contributed by atoms with E-state index in [-0.39, 0.29) is 5.91 Å². The molecule has 0 aliphatic heterocycles. The fourth-order valence-electron chi connectivity index (χ4n) is 0.950. The van der Waals surface area contributed by atoms with Crippen molar-refractivity contribution in [2.45, 2.75) is 27.7 Å².